The highest BCUT2D eigenvalue weighted by atomic mass is 35.5. The van der Waals surface area contributed by atoms with E-state index in [0.29, 0.717) is 5.88 Å². The van der Waals surface area contributed by atoms with Gasteiger partial charge in [0.25, 0.3) is 0 Å². The van der Waals surface area contributed by atoms with E-state index >= 15 is 0 Å². The van der Waals surface area contributed by atoms with Crippen molar-refractivity contribution in [2.24, 2.45) is 0 Å². The van der Waals surface area contributed by atoms with Crippen LogP contribution >= 0.6 is 11.6 Å². The summed E-state index contributed by atoms with van der Waals surface area (Å²) in [5.41, 5.74) is 1.51. The van der Waals surface area contributed by atoms with E-state index in [1.807, 2.05) is 0 Å². The van der Waals surface area contributed by atoms with Gasteiger partial charge in [0.1, 0.15) is 0 Å². The van der Waals surface area contributed by atoms with E-state index < -0.39 is 0 Å². The van der Waals surface area contributed by atoms with Crippen molar-refractivity contribution in [2.75, 3.05) is 5.88 Å². The second-order valence-corrected chi connectivity index (χ2v) is 2.78. The van der Waals surface area contributed by atoms with Crippen LogP contribution in [0.5, 0.6) is 0 Å². The molecule has 0 unspecified atom stereocenters. The summed E-state index contributed by atoms with van der Waals surface area (Å²) in [6, 6.07) is 0. The Labute approximate surface area is 69.3 Å². The first-order valence-corrected chi connectivity index (χ1v) is 4.62. The summed E-state index contributed by atoms with van der Waals surface area (Å²) in [6.45, 7) is 4.40. The predicted molar refractivity (Wildman–Crippen MR) is 48.6 cm³/mol. The Bertz CT molecular complexity index is 94.9. The van der Waals surface area contributed by atoms with Gasteiger partial charge in [0.2, 0.25) is 0 Å². The molecule has 0 rings (SSSR count). The summed E-state index contributed by atoms with van der Waals surface area (Å²) < 4.78 is 0. The van der Waals surface area contributed by atoms with Crippen LogP contribution in [0.1, 0.15) is 39.5 Å². The number of halogens is 1. The summed E-state index contributed by atoms with van der Waals surface area (Å²) in [5, 5.41) is 0. The average Bonchev–Trinajstić information content (AvgIpc) is 1.98. The highest BCUT2D eigenvalue weighted by Gasteiger charge is 1.91. The van der Waals surface area contributed by atoms with Crippen LogP contribution in [0.2, 0.25) is 0 Å². The number of hydrogen-bond acceptors (Lipinski definition) is 0. The number of alkyl halides is 1. The van der Waals surface area contributed by atoms with Gasteiger partial charge in [-0.25, -0.2) is 0 Å². The quantitative estimate of drug-likeness (QED) is 0.425. The molecule has 0 bridgehead atoms. The van der Waals surface area contributed by atoms with Gasteiger partial charge in [0.15, 0.2) is 0 Å². The van der Waals surface area contributed by atoms with Gasteiger partial charge in [-0.05, 0) is 19.3 Å². The Morgan fingerprint density at radius 1 is 1.40 bits per heavy atom. The lowest BCUT2D eigenvalue weighted by Gasteiger charge is -2.00. The number of hydrogen-bond donors (Lipinski definition) is 0. The van der Waals surface area contributed by atoms with Crippen LogP contribution in [0, 0.1) is 0 Å². The molecule has 0 heterocycles. The molecule has 0 atom stereocenters. The number of rotatable bonds is 5. The molecule has 0 aromatic rings. The summed E-state index contributed by atoms with van der Waals surface area (Å²) in [7, 11) is 0. The van der Waals surface area contributed by atoms with E-state index in [2.05, 4.69) is 19.9 Å². The molecule has 0 radical (unpaired) electrons. The normalized spacial score (nSPS) is 12.1. The third-order valence-corrected chi connectivity index (χ3v) is 1.83. The van der Waals surface area contributed by atoms with E-state index in [1.165, 1.54) is 24.8 Å². The highest BCUT2D eigenvalue weighted by Crippen LogP contribution is 2.10. The van der Waals surface area contributed by atoms with E-state index in [4.69, 9.17) is 11.6 Å². The molecule has 1 heteroatoms. The van der Waals surface area contributed by atoms with Crippen molar-refractivity contribution in [1.82, 2.24) is 0 Å². The maximum Gasteiger partial charge on any atom is 0.0406 e. The molecule has 0 spiro atoms. The minimum atomic E-state index is 0.673. The lowest BCUT2D eigenvalue weighted by Crippen LogP contribution is -1.82. The first-order chi connectivity index (χ1) is 4.85. The van der Waals surface area contributed by atoms with Gasteiger partial charge in [-0.1, -0.05) is 31.9 Å². The minimum Gasteiger partial charge on any atom is -0.122 e. The summed E-state index contributed by atoms with van der Waals surface area (Å²) in [4.78, 5) is 0. The third kappa shape index (κ3) is 4.87. The SMILES string of the molecule is CCCC/C(=C/CCl)CC. The molecular weight excluding hydrogens is 144 g/mol. The molecule has 0 aromatic heterocycles. The lowest BCUT2D eigenvalue weighted by atomic mass is 10.1. The van der Waals surface area contributed by atoms with Crippen molar-refractivity contribution >= 4 is 11.6 Å². The van der Waals surface area contributed by atoms with Gasteiger partial charge < -0.3 is 0 Å². The van der Waals surface area contributed by atoms with Crippen molar-refractivity contribution in [2.45, 2.75) is 39.5 Å². The van der Waals surface area contributed by atoms with E-state index in [1.54, 1.807) is 0 Å². The van der Waals surface area contributed by atoms with Crippen LogP contribution in [0.3, 0.4) is 0 Å². The first-order valence-electron chi connectivity index (χ1n) is 4.09. The van der Waals surface area contributed by atoms with Crippen molar-refractivity contribution < 1.29 is 0 Å². The second-order valence-electron chi connectivity index (χ2n) is 2.47. The van der Waals surface area contributed by atoms with Crippen LogP contribution < -0.4 is 0 Å². The molecule has 0 nitrogen and oxygen atoms in total. The fraction of sp³-hybridized carbons (Fsp3) is 0.778. The molecule has 60 valence electrons. The van der Waals surface area contributed by atoms with Gasteiger partial charge in [-0.3, -0.25) is 0 Å². The van der Waals surface area contributed by atoms with Crippen LogP contribution in [0.4, 0.5) is 0 Å². The minimum absolute atomic E-state index is 0.673. The molecule has 0 fully saturated rings. The fourth-order valence-corrected chi connectivity index (χ4v) is 1.15. The smallest absolute Gasteiger partial charge is 0.0406 e. The second kappa shape index (κ2) is 7.14. The molecule has 10 heavy (non-hydrogen) atoms. The summed E-state index contributed by atoms with van der Waals surface area (Å²) in [6.07, 6.45) is 7.11. The molecule has 0 N–H and O–H groups in total. The third-order valence-electron chi connectivity index (χ3n) is 1.67. The van der Waals surface area contributed by atoms with E-state index in [-0.39, 0.29) is 0 Å². The van der Waals surface area contributed by atoms with Crippen molar-refractivity contribution in [3.05, 3.63) is 11.6 Å². The van der Waals surface area contributed by atoms with Crippen LogP contribution in [0.15, 0.2) is 11.6 Å². The molecule has 0 aliphatic heterocycles. The number of unbranched alkanes of at least 4 members (excludes halogenated alkanes) is 1. The van der Waals surface area contributed by atoms with Crippen molar-refractivity contribution in [1.29, 1.82) is 0 Å². The zero-order valence-electron chi connectivity index (χ0n) is 6.99. The summed E-state index contributed by atoms with van der Waals surface area (Å²) in [5.74, 6) is 0.673. The zero-order valence-corrected chi connectivity index (χ0v) is 7.75. The van der Waals surface area contributed by atoms with Crippen molar-refractivity contribution in [3.8, 4) is 0 Å². The lowest BCUT2D eigenvalue weighted by molar-refractivity contribution is 0.765. The van der Waals surface area contributed by atoms with Gasteiger partial charge in [0, 0.05) is 5.88 Å². The van der Waals surface area contributed by atoms with Crippen LogP contribution in [0.25, 0.3) is 0 Å². The Hall–Kier alpha value is 0.0300. The zero-order chi connectivity index (χ0) is 7.82. The molecular formula is C9H17Cl. The Kier molecular flexibility index (Phi) is 7.16. The van der Waals surface area contributed by atoms with Gasteiger partial charge >= 0.3 is 0 Å². The highest BCUT2D eigenvalue weighted by molar-refractivity contribution is 6.18. The Balaban J connectivity index is 3.49. The van der Waals surface area contributed by atoms with Crippen LogP contribution in [-0.2, 0) is 0 Å². The fourth-order valence-electron chi connectivity index (χ4n) is 0.936. The molecule has 0 saturated heterocycles. The molecule has 0 aliphatic carbocycles. The van der Waals surface area contributed by atoms with E-state index in [9.17, 15) is 0 Å². The monoisotopic (exact) mass is 160 g/mol. The van der Waals surface area contributed by atoms with Gasteiger partial charge in [-0.2, -0.15) is 0 Å². The van der Waals surface area contributed by atoms with E-state index in [0.717, 1.165) is 6.42 Å². The predicted octanol–water partition coefficient (Wildman–Crippen LogP) is 3.75. The molecule has 0 aliphatic rings. The molecule has 0 amide bonds. The first kappa shape index (κ1) is 10.0. The number of allylic oxidation sites excluding steroid dienone is 2. The molecule has 0 aromatic carbocycles. The van der Waals surface area contributed by atoms with Crippen LogP contribution in [-0.4, -0.2) is 5.88 Å². The average molecular weight is 161 g/mol. The maximum absolute atomic E-state index is 5.58. The standard InChI is InChI=1S/C9H17Cl/c1-3-5-6-9(4-2)7-8-10/h7H,3-6,8H2,1-2H3/b9-7+. The van der Waals surface area contributed by atoms with Gasteiger partial charge in [-0.15, -0.1) is 11.6 Å². The van der Waals surface area contributed by atoms with Gasteiger partial charge in [0.05, 0.1) is 0 Å². The maximum atomic E-state index is 5.58. The Morgan fingerprint density at radius 2 is 2.10 bits per heavy atom. The molecule has 0 saturated carbocycles. The topological polar surface area (TPSA) is 0 Å². The Morgan fingerprint density at radius 3 is 2.50 bits per heavy atom. The summed E-state index contributed by atoms with van der Waals surface area (Å²) >= 11 is 5.58. The largest absolute Gasteiger partial charge is 0.122 e. The van der Waals surface area contributed by atoms with Crippen molar-refractivity contribution in [3.63, 3.8) is 0 Å².